The molecular formula is C52H70N2Ni. The van der Waals surface area contributed by atoms with Crippen LogP contribution in [0.3, 0.4) is 0 Å². The second-order valence-electron chi connectivity index (χ2n) is 15.3. The average molecular weight is 782 g/mol. The third kappa shape index (κ3) is 12.2. The molecule has 0 bridgehead atoms. The average Bonchev–Trinajstić information content (AvgIpc) is 3.54. The van der Waals surface area contributed by atoms with Gasteiger partial charge in [0.2, 0.25) is 11.4 Å². The third-order valence-electron chi connectivity index (χ3n) is 11.0. The number of benzene rings is 4. The van der Waals surface area contributed by atoms with E-state index in [-0.39, 0.29) is 0 Å². The van der Waals surface area contributed by atoms with Crippen LogP contribution >= 0.6 is 0 Å². The fourth-order valence-electron chi connectivity index (χ4n) is 7.77. The van der Waals surface area contributed by atoms with Gasteiger partial charge in [0, 0.05) is 22.8 Å². The number of hydrogen-bond donors (Lipinski definition) is 0. The van der Waals surface area contributed by atoms with Crippen LogP contribution in [0.25, 0.3) is 16.9 Å². The summed E-state index contributed by atoms with van der Waals surface area (Å²) in [6.07, 6.45) is 19.6. The zero-order chi connectivity index (χ0) is 39.7. The summed E-state index contributed by atoms with van der Waals surface area (Å²) in [4.78, 5) is 0. The maximum absolute atomic E-state index is 11.9. The summed E-state index contributed by atoms with van der Waals surface area (Å²) < 4.78 is 4.16. The molecule has 0 aliphatic carbocycles. The molecule has 0 aromatic heterocycles. The van der Waals surface area contributed by atoms with Crippen LogP contribution in [0.2, 0.25) is 0 Å². The Hall–Kier alpha value is -3.55. The van der Waals surface area contributed by atoms with Crippen LogP contribution in [0.15, 0.2) is 84.4 Å². The number of allylic oxidation sites excluding steroid dienone is 2. The Bertz CT molecular complexity index is 1800. The molecule has 5 rings (SSSR count). The van der Waals surface area contributed by atoms with Gasteiger partial charge in [0.05, 0.1) is 0 Å². The predicted molar refractivity (Wildman–Crippen MR) is 237 cm³/mol. The molecule has 3 heteroatoms. The van der Waals surface area contributed by atoms with E-state index in [1.807, 2.05) is 0 Å². The summed E-state index contributed by atoms with van der Waals surface area (Å²) >= 11 is 1.61. The Balaban J connectivity index is 0.000000371. The first kappa shape index (κ1) is 44.2. The van der Waals surface area contributed by atoms with E-state index in [0.717, 1.165) is 68.3 Å². The van der Waals surface area contributed by atoms with Crippen molar-refractivity contribution in [1.29, 1.82) is 0 Å². The standard InChI is InChI=1S/C38H56N2.2C7H7.Ni/c1-8-15-18-21-35-28(11-4)23-33(24-29(35)12-5)37-27-32(20-17-10-3)38(40(37)39)34-25-30(13-6)36(22-19-16-9-2)31(14-7)26-34;2*1-7-5-3-2-4-6-7;/h23-27H,8-22H2,1-7H3;2*3-6H,1H3;. The van der Waals surface area contributed by atoms with Crippen molar-refractivity contribution in [3.63, 3.8) is 0 Å². The monoisotopic (exact) mass is 780 g/mol. The number of hydrogen-bond acceptors (Lipinski definition) is 0. The summed E-state index contributed by atoms with van der Waals surface area (Å²) in [6, 6.07) is 26.8. The molecule has 2 nitrogen and oxygen atoms in total. The molecule has 4 aromatic rings. The van der Waals surface area contributed by atoms with Crippen molar-refractivity contribution in [2.75, 3.05) is 0 Å². The van der Waals surface area contributed by atoms with Crippen molar-refractivity contribution >= 4 is 20.5 Å². The molecule has 298 valence electrons. The maximum atomic E-state index is 11.9. The normalized spacial score (nSPS) is 12.7. The van der Waals surface area contributed by atoms with E-state index >= 15 is 0 Å². The predicted octanol–water partition coefficient (Wildman–Crippen LogP) is 13.7. The van der Waals surface area contributed by atoms with Crippen LogP contribution < -0.4 is 9.07 Å². The molecule has 0 saturated heterocycles. The molecule has 55 heavy (non-hydrogen) atoms. The molecule has 0 atom stereocenters. The summed E-state index contributed by atoms with van der Waals surface area (Å²) in [5, 5.41) is 0. The van der Waals surface area contributed by atoms with Gasteiger partial charge in [0.1, 0.15) is 0 Å². The molecule has 0 fully saturated rings. The van der Waals surface area contributed by atoms with Gasteiger partial charge >= 0.3 is 97.0 Å². The number of nitrogens with zero attached hydrogens (tertiary/aromatic N) is 2. The van der Waals surface area contributed by atoms with Crippen LogP contribution in [-0.4, -0.2) is 4.70 Å². The van der Waals surface area contributed by atoms with Crippen LogP contribution in [0.4, 0.5) is 0 Å². The van der Waals surface area contributed by atoms with E-state index < -0.39 is 0 Å². The van der Waals surface area contributed by atoms with Gasteiger partial charge in [-0.15, -0.1) is 0 Å². The summed E-state index contributed by atoms with van der Waals surface area (Å²) in [5.74, 6) is 0. The van der Waals surface area contributed by atoms with E-state index in [4.69, 9.17) is 0 Å². The van der Waals surface area contributed by atoms with E-state index in [2.05, 4.69) is 141 Å². The quantitative estimate of drug-likeness (QED) is 0.0514. The number of unbranched alkanes of at least 4 members (excludes halogenated alkanes) is 5. The molecule has 1 heterocycles. The van der Waals surface area contributed by atoms with Gasteiger partial charge in [-0.2, -0.15) is 0 Å². The van der Waals surface area contributed by atoms with Crippen molar-refractivity contribution in [3.8, 4) is 0 Å². The van der Waals surface area contributed by atoms with Gasteiger partial charge in [-0.3, -0.25) is 0 Å². The van der Waals surface area contributed by atoms with Crippen LogP contribution in [0, 0.1) is 13.8 Å². The Morgan fingerprint density at radius 2 is 0.891 bits per heavy atom. The first-order valence-electron chi connectivity index (χ1n) is 21.7. The second-order valence-corrected chi connectivity index (χ2v) is 16.7. The molecule has 0 amide bonds. The van der Waals surface area contributed by atoms with Crippen molar-refractivity contribution in [1.82, 2.24) is 0 Å². The molecule has 4 aromatic carbocycles. The van der Waals surface area contributed by atoms with Gasteiger partial charge in [-0.1, -0.05) is 80.6 Å². The van der Waals surface area contributed by atoms with Crippen molar-refractivity contribution < 1.29 is 19.1 Å². The minimum absolute atomic E-state index is 0.939. The minimum atomic E-state index is 0.939. The van der Waals surface area contributed by atoms with Crippen LogP contribution in [0.5, 0.6) is 0 Å². The Morgan fingerprint density at radius 1 is 0.491 bits per heavy atom. The molecule has 0 saturated carbocycles. The molecule has 0 N–H and O–H groups in total. The molecule has 0 spiro atoms. The fraction of sp³-hybridized carbons (Fsp3) is 0.462. The number of rotatable bonds is 19. The van der Waals surface area contributed by atoms with Crippen molar-refractivity contribution in [2.24, 2.45) is 0 Å². The van der Waals surface area contributed by atoms with Crippen LogP contribution in [0.1, 0.15) is 162 Å². The van der Waals surface area contributed by atoms with Gasteiger partial charge in [-0.25, -0.2) is 4.70 Å². The van der Waals surface area contributed by atoms with E-state index in [1.54, 1.807) is 25.6 Å². The Kier molecular flexibility index (Phi) is 18.4. The molecule has 1 aliphatic rings. The first-order chi connectivity index (χ1) is 26.7. The van der Waals surface area contributed by atoms with E-state index in [1.165, 1.54) is 103 Å². The van der Waals surface area contributed by atoms with Crippen LogP contribution in [-0.2, 0) is 53.0 Å². The molecule has 0 unspecified atom stereocenters. The zero-order valence-electron chi connectivity index (χ0n) is 35.8. The molecular weight excluding hydrogens is 711 g/mol. The van der Waals surface area contributed by atoms with E-state index in [9.17, 15) is 5.53 Å². The Labute approximate surface area is 342 Å². The fourth-order valence-corrected chi connectivity index (χ4v) is 8.75. The van der Waals surface area contributed by atoms with Gasteiger partial charge in [-0.05, 0) is 122 Å². The van der Waals surface area contributed by atoms with E-state index in [0.29, 0.717) is 0 Å². The first-order valence-corrected chi connectivity index (χ1v) is 22.7. The summed E-state index contributed by atoms with van der Waals surface area (Å²) in [6.45, 7) is 20.2. The van der Waals surface area contributed by atoms with Gasteiger partial charge < -0.3 is 5.53 Å². The van der Waals surface area contributed by atoms with Gasteiger partial charge in [0.25, 0.3) is 0 Å². The van der Waals surface area contributed by atoms with Crippen molar-refractivity contribution in [3.05, 3.63) is 146 Å². The van der Waals surface area contributed by atoms with Crippen molar-refractivity contribution in [2.45, 2.75) is 159 Å². The second kappa shape index (κ2) is 22.9. The number of aryl methyl sites for hydroxylation is 6. The Morgan fingerprint density at radius 3 is 1.27 bits per heavy atom. The van der Waals surface area contributed by atoms with Gasteiger partial charge in [0.15, 0.2) is 0 Å². The third-order valence-corrected chi connectivity index (χ3v) is 12.3. The SMILES string of the molecule is CCCCCc1c(CC)cc(C2=CC(CCCC)=C(c3cc(CC)c(CCCCC)c(CC)c3)[N+]2=[N-])cc1CC.Cc1cc[c]([Ni][c]2ccc(C)cc2)cc1. The summed E-state index contributed by atoms with van der Waals surface area (Å²) in [7, 11) is 0. The molecule has 1 aliphatic heterocycles. The molecule has 0 radical (unpaired) electrons. The zero-order valence-corrected chi connectivity index (χ0v) is 36.8. The topological polar surface area (TPSA) is 25.3 Å². The summed E-state index contributed by atoms with van der Waals surface area (Å²) in [5.41, 5.74) is 28.9.